The highest BCUT2D eigenvalue weighted by Gasteiger charge is 2.08. The highest BCUT2D eigenvalue weighted by atomic mass is 79.9. The summed E-state index contributed by atoms with van der Waals surface area (Å²) in [5.74, 6) is -1.28. The van der Waals surface area contributed by atoms with E-state index in [0.717, 1.165) is 0 Å². The first-order chi connectivity index (χ1) is 10.9. The maximum absolute atomic E-state index is 9.59. The van der Waals surface area contributed by atoms with E-state index < -0.39 is 5.75 Å². The van der Waals surface area contributed by atoms with E-state index in [1.54, 1.807) is 18.3 Å². The van der Waals surface area contributed by atoms with Gasteiger partial charge in [-0.15, -0.1) is 0 Å². The molecule has 6 N–H and O–H groups in total. The maximum Gasteiger partial charge on any atom is 0.200 e. The second-order valence-electron chi connectivity index (χ2n) is 4.56. The molecule has 2 aromatic rings. The number of aromatic hydroxyl groups is 5. The molecule has 0 heterocycles. The molecule has 2 rings (SSSR count). The molecule has 0 saturated carbocycles. The van der Waals surface area contributed by atoms with Gasteiger partial charge in [-0.05, 0) is 69.3 Å². The van der Waals surface area contributed by atoms with Crippen LogP contribution in [-0.4, -0.2) is 25.5 Å². The summed E-state index contributed by atoms with van der Waals surface area (Å²) in [4.78, 5) is 0. The predicted molar refractivity (Wildman–Crippen MR) is 92.4 cm³/mol. The van der Waals surface area contributed by atoms with Crippen molar-refractivity contribution in [2.75, 3.05) is 0 Å². The quantitative estimate of drug-likeness (QED) is 0.259. The van der Waals surface area contributed by atoms with Gasteiger partial charge in [-0.2, -0.15) is 0 Å². The summed E-state index contributed by atoms with van der Waals surface area (Å²) in [5, 5.41) is 47.0. The zero-order valence-corrected chi connectivity index (χ0v) is 14.1. The Morgan fingerprint density at radius 2 is 1.61 bits per heavy atom. The molecule has 0 spiro atoms. The predicted octanol–water partition coefficient (Wildman–Crippen LogP) is 3.39. The van der Waals surface area contributed by atoms with Crippen molar-refractivity contribution >= 4 is 34.0 Å². The normalized spacial score (nSPS) is 11.0. The fraction of sp³-hybridized carbons (Fsp3) is 0.0667. The molecule has 0 radical (unpaired) electrons. The van der Waals surface area contributed by atoms with Gasteiger partial charge in [0, 0.05) is 12.0 Å². The number of benzene rings is 2. The molecular weight excluding hydrogens is 386 g/mol. The Balaban J connectivity index is 1.92. The highest BCUT2D eigenvalue weighted by Crippen LogP contribution is 2.37. The first-order valence-electron chi connectivity index (χ1n) is 6.38. The molecule has 23 heavy (non-hydrogen) atoms. The Hall–Kier alpha value is -2.19. The molecule has 2 aromatic carbocycles. The summed E-state index contributed by atoms with van der Waals surface area (Å²) >= 11 is 4.48. The lowest BCUT2D eigenvalue weighted by atomic mass is 10.2. The highest BCUT2D eigenvalue weighted by molar-refractivity contribution is 9.10. The van der Waals surface area contributed by atoms with Crippen LogP contribution >= 0.6 is 27.9 Å². The number of hydrogen-bond donors (Lipinski definition) is 6. The number of halogens is 1. The van der Waals surface area contributed by atoms with Gasteiger partial charge in [0.2, 0.25) is 0 Å². The van der Waals surface area contributed by atoms with E-state index in [1.165, 1.54) is 30.1 Å². The van der Waals surface area contributed by atoms with E-state index in [-0.39, 0.29) is 23.0 Å². The summed E-state index contributed by atoms with van der Waals surface area (Å²) < 4.78 is 3.33. The average molecular weight is 400 g/mol. The number of phenolic OH excluding ortho intramolecular Hbond substituents is 5. The van der Waals surface area contributed by atoms with E-state index in [4.69, 9.17) is 0 Å². The number of phenols is 5. The zero-order valence-electron chi connectivity index (χ0n) is 11.7. The van der Waals surface area contributed by atoms with Gasteiger partial charge >= 0.3 is 0 Å². The molecule has 122 valence electrons. The van der Waals surface area contributed by atoms with Crippen molar-refractivity contribution in [3.8, 4) is 28.7 Å². The lowest BCUT2D eigenvalue weighted by Crippen LogP contribution is -1.93. The van der Waals surface area contributed by atoms with Crippen molar-refractivity contribution in [1.82, 2.24) is 4.72 Å². The third-order valence-electron chi connectivity index (χ3n) is 2.91. The van der Waals surface area contributed by atoms with Crippen molar-refractivity contribution < 1.29 is 25.5 Å². The van der Waals surface area contributed by atoms with E-state index in [1.807, 2.05) is 0 Å². The van der Waals surface area contributed by atoms with Gasteiger partial charge in [-0.25, -0.2) is 0 Å². The smallest absolute Gasteiger partial charge is 0.200 e. The van der Waals surface area contributed by atoms with Gasteiger partial charge in [0.05, 0.1) is 4.47 Å². The second kappa shape index (κ2) is 7.38. The first kappa shape index (κ1) is 17.2. The van der Waals surface area contributed by atoms with Crippen molar-refractivity contribution in [2.24, 2.45) is 0 Å². The standard InChI is InChI=1S/C15H14BrNO5S/c16-13-9(1-2-10(18)15(13)22)3-4-17-23-7-8-5-11(19)14(21)12(20)6-8/h1-6,17-22H,7H2/b4-3+. The molecule has 0 unspecified atom stereocenters. The van der Waals surface area contributed by atoms with Crippen LogP contribution in [0.1, 0.15) is 11.1 Å². The summed E-state index contributed by atoms with van der Waals surface area (Å²) in [7, 11) is 0. The minimum Gasteiger partial charge on any atom is -0.504 e. The van der Waals surface area contributed by atoms with Crippen LogP contribution < -0.4 is 4.72 Å². The molecule has 0 aliphatic rings. The van der Waals surface area contributed by atoms with Gasteiger partial charge in [-0.1, -0.05) is 0 Å². The summed E-state index contributed by atoms with van der Waals surface area (Å²) in [5.41, 5.74) is 1.31. The summed E-state index contributed by atoms with van der Waals surface area (Å²) in [6.07, 6.45) is 3.34. The molecule has 0 aliphatic heterocycles. The zero-order chi connectivity index (χ0) is 17.0. The monoisotopic (exact) mass is 399 g/mol. The van der Waals surface area contributed by atoms with Crippen LogP contribution in [0.3, 0.4) is 0 Å². The SMILES string of the molecule is Oc1cc(CSN/C=C/c2ccc(O)c(O)c2Br)cc(O)c1O. The van der Waals surface area contributed by atoms with Crippen LogP contribution in [0, 0.1) is 0 Å². The van der Waals surface area contributed by atoms with Crippen molar-refractivity contribution in [3.63, 3.8) is 0 Å². The van der Waals surface area contributed by atoms with Gasteiger partial charge < -0.3 is 30.3 Å². The Morgan fingerprint density at radius 1 is 0.957 bits per heavy atom. The van der Waals surface area contributed by atoms with Gasteiger partial charge in [0.15, 0.2) is 28.7 Å². The minimum absolute atomic E-state index is 0.205. The Bertz CT molecular complexity index is 728. The maximum atomic E-state index is 9.59. The Morgan fingerprint density at radius 3 is 2.26 bits per heavy atom. The van der Waals surface area contributed by atoms with Crippen molar-refractivity contribution in [1.29, 1.82) is 0 Å². The summed E-state index contributed by atoms with van der Waals surface area (Å²) in [6.45, 7) is 0. The fourth-order valence-electron chi connectivity index (χ4n) is 1.74. The van der Waals surface area contributed by atoms with Crippen LogP contribution in [-0.2, 0) is 5.75 Å². The topological polar surface area (TPSA) is 113 Å². The molecule has 6 nitrogen and oxygen atoms in total. The molecular formula is C15H14BrNO5S. The van der Waals surface area contributed by atoms with E-state index in [9.17, 15) is 25.5 Å². The van der Waals surface area contributed by atoms with Crippen LogP contribution in [0.5, 0.6) is 28.7 Å². The van der Waals surface area contributed by atoms with E-state index >= 15 is 0 Å². The number of nitrogens with one attached hydrogen (secondary N) is 1. The Labute approximate surface area is 145 Å². The van der Waals surface area contributed by atoms with Crippen LogP contribution in [0.25, 0.3) is 6.08 Å². The minimum atomic E-state index is -0.538. The van der Waals surface area contributed by atoms with Crippen molar-refractivity contribution in [2.45, 2.75) is 5.75 Å². The molecule has 8 heteroatoms. The molecule has 0 bridgehead atoms. The van der Waals surface area contributed by atoms with Crippen LogP contribution in [0.4, 0.5) is 0 Å². The van der Waals surface area contributed by atoms with E-state index in [2.05, 4.69) is 20.7 Å². The van der Waals surface area contributed by atoms with Crippen LogP contribution in [0.2, 0.25) is 0 Å². The molecule has 0 atom stereocenters. The third kappa shape index (κ3) is 4.17. The number of hydrogen-bond acceptors (Lipinski definition) is 7. The van der Waals surface area contributed by atoms with Crippen molar-refractivity contribution in [3.05, 3.63) is 46.1 Å². The Kier molecular flexibility index (Phi) is 5.51. The summed E-state index contributed by atoms with van der Waals surface area (Å²) in [6, 6.07) is 5.75. The molecule has 0 aromatic heterocycles. The lowest BCUT2D eigenvalue weighted by molar-refractivity contribution is 0.367. The van der Waals surface area contributed by atoms with Gasteiger partial charge in [0.1, 0.15) is 0 Å². The third-order valence-corrected chi connectivity index (χ3v) is 4.52. The second-order valence-corrected chi connectivity index (χ2v) is 6.17. The molecule has 0 fully saturated rings. The lowest BCUT2D eigenvalue weighted by Gasteiger charge is -2.06. The molecule has 0 saturated heterocycles. The number of rotatable bonds is 5. The van der Waals surface area contributed by atoms with E-state index in [0.29, 0.717) is 21.4 Å². The average Bonchev–Trinajstić information content (AvgIpc) is 2.52. The van der Waals surface area contributed by atoms with Gasteiger partial charge in [-0.3, -0.25) is 0 Å². The molecule has 0 aliphatic carbocycles. The largest absolute Gasteiger partial charge is 0.504 e. The molecule has 0 amide bonds. The van der Waals surface area contributed by atoms with Gasteiger partial charge in [0.25, 0.3) is 0 Å². The first-order valence-corrected chi connectivity index (χ1v) is 8.16. The van der Waals surface area contributed by atoms with Crippen LogP contribution in [0.15, 0.2) is 34.9 Å². The fourth-order valence-corrected chi connectivity index (χ4v) is 2.79.